The maximum atomic E-state index is 5.43. The van der Waals surface area contributed by atoms with Gasteiger partial charge in [0.2, 0.25) is 0 Å². The molecular formula is C11H17N7S. The molecule has 0 atom stereocenters. The van der Waals surface area contributed by atoms with Crippen LogP contribution in [0.1, 0.15) is 25.5 Å². The molecule has 2 aromatic heterocycles. The van der Waals surface area contributed by atoms with Gasteiger partial charge in [0.1, 0.15) is 11.6 Å². The van der Waals surface area contributed by atoms with Crippen LogP contribution in [0.4, 0.5) is 5.82 Å². The zero-order valence-corrected chi connectivity index (χ0v) is 12.0. The molecule has 102 valence electrons. The van der Waals surface area contributed by atoms with E-state index in [9.17, 15) is 0 Å². The summed E-state index contributed by atoms with van der Waals surface area (Å²) in [7, 11) is 0. The summed E-state index contributed by atoms with van der Waals surface area (Å²) in [5, 5.41) is 5.10. The first-order valence-corrected chi connectivity index (χ1v) is 7.29. The number of anilines is 1. The van der Waals surface area contributed by atoms with Crippen LogP contribution in [-0.2, 0) is 12.8 Å². The van der Waals surface area contributed by atoms with Crippen LogP contribution in [0.3, 0.4) is 0 Å². The number of nitrogens with zero attached hydrogens (tertiary/aromatic N) is 5. The molecular weight excluding hydrogens is 262 g/mol. The smallest absolute Gasteiger partial charge is 0.191 e. The van der Waals surface area contributed by atoms with Crippen molar-refractivity contribution < 1.29 is 0 Å². The molecule has 0 fully saturated rings. The van der Waals surface area contributed by atoms with E-state index in [1.165, 1.54) is 11.8 Å². The van der Waals surface area contributed by atoms with Gasteiger partial charge in [-0.05, 0) is 6.26 Å². The Hall–Kier alpha value is -1.67. The fourth-order valence-electron chi connectivity index (χ4n) is 1.64. The second-order valence-corrected chi connectivity index (χ2v) is 4.58. The van der Waals surface area contributed by atoms with Crippen molar-refractivity contribution >= 4 is 17.6 Å². The van der Waals surface area contributed by atoms with Crippen molar-refractivity contribution in [1.29, 1.82) is 0 Å². The topological polar surface area (TPSA) is 94.5 Å². The van der Waals surface area contributed by atoms with Crippen LogP contribution < -0.4 is 11.3 Å². The molecule has 0 spiro atoms. The average molecular weight is 279 g/mol. The van der Waals surface area contributed by atoms with E-state index in [0.717, 1.165) is 24.5 Å². The Labute approximate surface area is 116 Å². The first-order valence-electron chi connectivity index (χ1n) is 6.06. The Morgan fingerprint density at radius 3 is 2.63 bits per heavy atom. The molecule has 3 N–H and O–H groups in total. The van der Waals surface area contributed by atoms with Gasteiger partial charge in [-0.2, -0.15) is 4.68 Å². The summed E-state index contributed by atoms with van der Waals surface area (Å²) in [5.41, 5.74) is 2.54. The average Bonchev–Trinajstić information content (AvgIpc) is 2.90. The third kappa shape index (κ3) is 2.85. The van der Waals surface area contributed by atoms with Gasteiger partial charge in [0, 0.05) is 18.9 Å². The summed E-state index contributed by atoms with van der Waals surface area (Å²) in [6, 6.07) is 1.76. The van der Waals surface area contributed by atoms with Crippen molar-refractivity contribution in [3.8, 4) is 5.82 Å². The van der Waals surface area contributed by atoms with Gasteiger partial charge in [-0.15, -0.1) is 5.10 Å². The number of thioether (sulfide) groups is 1. The normalized spacial score (nSPS) is 10.7. The number of rotatable bonds is 5. The first-order chi connectivity index (χ1) is 9.21. The van der Waals surface area contributed by atoms with Gasteiger partial charge in [0.25, 0.3) is 0 Å². The van der Waals surface area contributed by atoms with E-state index in [1.54, 1.807) is 10.7 Å². The van der Waals surface area contributed by atoms with E-state index in [1.807, 2.05) is 20.1 Å². The molecule has 19 heavy (non-hydrogen) atoms. The minimum atomic E-state index is 0.560. The predicted molar refractivity (Wildman–Crippen MR) is 75.3 cm³/mol. The lowest BCUT2D eigenvalue weighted by Gasteiger charge is -2.07. The van der Waals surface area contributed by atoms with Crippen LogP contribution in [0.5, 0.6) is 0 Å². The van der Waals surface area contributed by atoms with Gasteiger partial charge in [0.15, 0.2) is 16.8 Å². The number of nitrogen functional groups attached to an aromatic ring is 1. The second kappa shape index (κ2) is 5.98. The van der Waals surface area contributed by atoms with E-state index in [4.69, 9.17) is 5.84 Å². The molecule has 0 unspecified atom stereocenters. The molecule has 0 radical (unpaired) electrons. The quantitative estimate of drug-likeness (QED) is 0.367. The fraction of sp³-hybridized carbons (Fsp3) is 0.455. The molecule has 0 saturated carbocycles. The largest absolute Gasteiger partial charge is 0.308 e. The molecule has 2 aromatic rings. The van der Waals surface area contributed by atoms with Crippen LogP contribution in [0.15, 0.2) is 11.2 Å². The molecule has 2 heterocycles. The maximum Gasteiger partial charge on any atom is 0.191 e. The predicted octanol–water partition coefficient (Wildman–Crippen LogP) is 1.19. The number of hydrazine groups is 1. The Kier molecular flexibility index (Phi) is 4.33. The Morgan fingerprint density at radius 2 is 2.05 bits per heavy atom. The van der Waals surface area contributed by atoms with Gasteiger partial charge in [-0.25, -0.2) is 20.8 Å². The third-order valence-electron chi connectivity index (χ3n) is 2.59. The van der Waals surface area contributed by atoms with Crippen molar-refractivity contribution in [1.82, 2.24) is 24.7 Å². The summed E-state index contributed by atoms with van der Waals surface area (Å²) in [6.45, 7) is 4.07. The number of nitrogens with two attached hydrogens (primary N) is 1. The van der Waals surface area contributed by atoms with E-state index in [-0.39, 0.29) is 0 Å². The number of aryl methyl sites for hydroxylation is 2. The highest BCUT2D eigenvalue weighted by molar-refractivity contribution is 7.98. The van der Waals surface area contributed by atoms with Gasteiger partial charge < -0.3 is 5.43 Å². The highest BCUT2D eigenvalue weighted by Gasteiger charge is 2.12. The monoisotopic (exact) mass is 279 g/mol. The summed E-state index contributed by atoms with van der Waals surface area (Å²) in [6.07, 6.45) is 3.50. The minimum absolute atomic E-state index is 0.560. The lowest BCUT2D eigenvalue weighted by Crippen LogP contribution is -2.12. The first kappa shape index (κ1) is 13.8. The molecule has 0 aromatic carbocycles. The molecule has 2 rings (SSSR count). The van der Waals surface area contributed by atoms with Gasteiger partial charge in [0.05, 0.1) is 0 Å². The van der Waals surface area contributed by atoms with Crippen molar-refractivity contribution in [2.45, 2.75) is 31.8 Å². The zero-order valence-electron chi connectivity index (χ0n) is 11.2. The van der Waals surface area contributed by atoms with Gasteiger partial charge in [-0.3, -0.25) is 0 Å². The molecule has 0 saturated heterocycles. The van der Waals surface area contributed by atoms with Crippen LogP contribution in [0.25, 0.3) is 5.82 Å². The minimum Gasteiger partial charge on any atom is -0.308 e. The number of nitrogens with one attached hydrogen (secondary N) is 1. The molecule has 0 aliphatic heterocycles. The summed E-state index contributed by atoms with van der Waals surface area (Å²) in [4.78, 5) is 13.1. The Morgan fingerprint density at radius 1 is 1.26 bits per heavy atom. The number of hydrogen-bond acceptors (Lipinski definition) is 7. The Bertz CT molecular complexity index is 544. The molecule has 0 amide bonds. The van der Waals surface area contributed by atoms with Crippen molar-refractivity contribution in [2.75, 3.05) is 11.7 Å². The fourth-order valence-corrected chi connectivity index (χ4v) is 2.01. The van der Waals surface area contributed by atoms with Crippen molar-refractivity contribution in [3.63, 3.8) is 0 Å². The lowest BCUT2D eigenvalue weighted by atomic mass is 10.4. The Balaban J connectivity index is 2.53. The van der Waals surface area contributed by atoms with Crippen molar-refractivity contribution in [2.24, 2.45) is 5.84 Å². The van der Waals surface area contributed by atoms with Crippen molar-refractivity contribution in [3.05, 3.63) is 17.7 Å². The molecule has 0 aliphatic carbocycles. The standard InChI is InChI=1S/C11H17N7S/c1-4-7-13-9(5-2)18(17-7)10-6-8(16-12)14-11(15-10)19-3/h6H,4-5,12H2,1-3H3,(H,14,15,16). The third-order valence-corrected chi connectivity index (χ3v) is 3.14. The van der Waals surface area contributed by atoms with E-state index < -0.39 is 0 Å². The number of hydrogen-bond donors (Lipinski definition) is 2. The van der Waals surface area contributed by atoms with Crippen LogP contribution >= 0.6 is 11.8 Å². The molecule has 7 nitrogen and oxygen atoms in total. The summed E-state index contributed by atoms with van der Waals surface area (Å²) in [5.74, 6) is 8.35. The number of aromatic nitrogens is 5. The second-order valence-electron chi connectivity index (χ2n) is 3.81. The van der Waals surface area contributed by atoms with Crippen LogP contribution in [0.2, 0.25) is 0 Å². The van der Waals surface area contributed by atoms with Crippen LogP contribution in [-0.4, -0.2) is 31.0 Å². The lowest BCUT2D eigenvalue weighted by molar-refractivity contribution is 0.749. The van der Waals surface area contributed by atoms with E-state index in [2.05, 4.69) is 25.5 Å². The van der Waals surface area contributed by atoms with Gasteiger partial charge >= 0.3 is 0 Å². The zero-order chi connectivity index (χ0) is 13.8. The van der Waals surface area contributed by atoms with Gasteiger partial charge in [-0.1, -0.05) is 25.6 Å². The maximum absolute atomic E-state index is 5.43. The summed E-state index contributed by atoms with van der Waals surface area (Å²) < 4.78 is 1.75. The SMILES string of the molecule is CCc1nc(CC)n(-c2cc(NN)nc(SC)n2)n1. The van der Waals surface area contributed by atoms with E-state index >= 15 is 0 Å². The van der Waals surface area contributed by atoms with Crippen LogP contribution in [0, 0.1) is 0 Å². The van der Waals surface area contributed by atoms with E-state index in [0.29, 0.717) is 16.8 Å². The highest BCUT2D eigenvalue weighted by Crippen LogP contribution is 2.17. The molecule has 8 heteroatoms. The molecule has 0 bridgehead atoms. The molecule has 0 aliphatic rings. The highest BCUT2D eigenvalue weighted by atomic mass is 32.2. The summed E-state index contributed by atoms with van der Waals surface area (Å²) >= 11 is 1.45.